The third-order valence-corrected chi connectivity index (χ3v) is 6.02. The maximum absolute atomic E-state index is 12.3. The quantitative estimate of drug-likeness (QED) is 0.375. The Labute approximate surface area is 174 Å². The number of nitrogens with one attached hydrogen (secondary N) is 2. The van der Waals surface area contributed by atoms with Crippen molar-refractivity contribution in [1.29, 1.82) is 0 Å². The number of guanidine groups is 1. The van der Waals surface area contributed by atoms with Crippen LogP contribution in [0.15, 0.2) is 17.1 Å². The molecule has 2 atom stereocenters. The number of likely N-dealkylation sites (tertiary alicyclic amines) is 1. The van der Waals surface area contributed by atoms with Crippen LogP contribution in [0.5, 0.6) is 0 Å². The van der Waals surface area contributed by atoms with Gasteiger partial charge in [-0.15, -0.1) is 11.3 Å². The summed E-state index contributed by atoms with van der Waals surface area (Å²) < 4.78 is 0. The Morgan fingerprint density at radius 1 is 1.43 bits per heavy atom. The molecule has 7 heteroatoms. The summed E-state index contributed by atoms with van der Waals surface area (Å²) in [6, 6.07) is 4.78. The third kappa shape index (κ3) is 7.09. The van der Waals surface area contributed by atoms with E-state index in [1.54, 1.807) is 4.90 Å². The number of thiophene rings is 1. The molecule has 0 saturated carbocycles. The minimum Gasteiger partial charge on any atom is -0.357 e. The molecule has 2 rings (SSSR count). The first-order valence-corrected chi connectivity index (χ1v) is 11.3. The van der Waals surface area contributed by atoms with Crippen LogP contribution in [0.2, 0.25) is 0 Å². The van der Waals surface area contributed by atoms with Gasteiger partial charge in [0, 0.05) is 55.9 Å². The van der Waals surface area contributed by atoms with Crippen LogP contribution in [0.4, 0.5) is 0 Å². The molecule has 6 nitrogen and oxygen atoms in total. The Bertz CT molecular complexity index is 642. The molecule has 1 amide bonds. The lowest BCUT2D eigenvalue weighted by Gasteiger charge is -2.25. The van der Waals surface area contributed by atoms with Crippen molar-refractivity contribution in [3.63, 3.8) is 0 Å². The van der Waals surface area contributed by atoms with Gasteiger partial charge in [-0.3, -0.25) is 14.7 Å². The number of rotatable bonds is 9. The predicted molar refractivity (Wildman–Crippen MR) is 119 cm³/mol. The number of hydrogen-bond donors (Lipinski definition) is 2. The second kappa shape index (κ2) is 11.4. The molecule has 2 unspecified atom stereocenters. The average molecular weight is 408 g/mol. The summed E-state index contributed by atoms with van der Waals surface area (Å²) in [5, 5.41) is 6.86. The lowest BCUT2D eigenvalue weighted by Crippen LogP contribution is -2.44. The normalized spacial score (nSPS) is 18.9. The van der Waals surface area contributed by atoms with E-state index in [4.69, 9.17) is 4.99 Å². The lowest BCUT2D eigenvalue weighted by atomic mass is 10.2. The molecule has 1 saturated heterocycles. The lowest BCUT2D eigenvalue weighted by molar-refractivity contribution is -0.133. The fraction of sp³-hybridized carbons (Fsp3) is 0.714. The summed E-state index contributed by atoms with van der Waals surface area (Å²) in [4.78, 5) is 23.8. The van der Waals surface area contributed by atoms with E-state index < -0.39 is 0 Å². The fourth-order valence-electron chi connectivity index (χ4n) is 3.64. The van der Waals surface area contributed by atoms with Crippen molar-refractivity contribution in [3.8, 4) is 0 Å². The number of aryl methyl sites for hydroxylation is 1. The first kappa shape index (κ1) is 22.7. The molecule has 1 aromatic rings. The Balaban J connectivity index is 1.79. The van der Waals surface area contributed by atoms with E-state index in [9.17, 15) is 4.79 Å². The Hall–Kier alpha value is -1.60. The molecule has 0 radical (unpaired) electrons. The summed E-state index contributed by atoms with van der Waals surface area (Å²) in [7, 11) is 3.69. The summed E-state index contributed by atoms with van der Waals surface area (Å²) in [6.07, 6.45) is 4.05. The number of hydrogen-bond acceptors (Lipinski definition) is 4. The topological polar surface area (TPSA) is 60.0 Å². The Morgan fingerprint density at radius 3 is 2.86 bits per heavy atom. The van der Waals surface area contributed by atoms with Gasteiger partial charge in [0.15, 0.2) is 5.96 Å². The Kier molecular flexibility index (Phi) is 9.25. The minimum atomic E-state index is 0.0552. The van der Waals surface area contributed by atoms with E-state index in [0.29, 0.717) is 6.04 Å². The number of nitrogens with zero attached hydrogens (tertiary/aromatic N) is 3. The highest BCUT2D eigenvalue weighted by atomic mass is 32.1. The van der Waals surface area contributed by atoms with Gasteiger partial charge in [-0.05, 0) is 58.7 Å². The molecule has 0 aromatic carbocycles. The van der Waals surface area contributed by atoms with Gasteiger partial charge < -0.3 is 15.5 Å². The van der Waals surface area contributed by atoms with Crippen LogP contribution in [0.25, 0.3) is 0 Å². The van der Waals surface area contributed by atoms with Crippen LogP contribution >= 0.6 is 11.3 Å². The van der Waals surface area contributed by atoms with Crippen molar-refractivity contribution in [2.45, 2.75) is 58.5 Å². The van der Waals surface area contributed by atoms with Crippen molar-refractivity contribution in [1.82, 2.24) is 20.4 Å². The smallest absolute Gasteiger partial charge is 0.239 e. The van der Waals surface area contributed by atoms with Gasteiger partial charge >= 0.3 is 0 Å². The van der Waals surface area contributed by atoms with Crippen LogP contribution in [-0.2, 0) is 11.2 Å². The van der Waals surface area contributed by atoms with Gasteiger partial charge in [-0.25, -0.2) is 0 Å². The molecule has 158 valence electrons. The monoisotopic (exact) mass is 407 g/mol. The van der Waals surface area contributed by atoms with Crippen LogP contribution in [0, 0.1) is 6.92 Å². The second-order valence-corrected chi connectivity index (χ2v) is 9.18. The number of carbonyl (C=O) groups is 1. The van der Waals surface area contributed by atoms with Crippen LogP contribution < -0.4 is 10.6 Å². The largest absolute Gasteiger partial charge is 0.357 e. The highest BCUT2D eigenvalue weighted by Gasteiger charge is 2.30. The maximum Gasteiger partial charge on any atom is 0.239 e. The van der Waals surface area contributed by atoms with Crippen molar-refractivity contribution in [2.24, 2.45) is 4.99 Å². The molecule has 1 aliphatic heterocycles. The fourth-order valence-corrected chi connectivity index (χ4v) is 4.66. The molecular weight excluding hydrogens is 370 g/mol. The molecule has 28 heavy (non-hydrogen) atoms. The summed E-state index contributed by atoms with van der Waals surface area (Å²) in [6.45, 7) is 9.99. The van der Waals surface area contributed by atoms with Gasteiger partial charge in [0.1, 0.15) is 0 Å². The van der Waals surface area contributed by atoms with Crippen molar-refractivity contribution < 1.29 is 4.79 Å². The molecule has 0 aliphatic carbocycles. The van der Waals surface area contributed by atoms with Gasteiger partial charge in [0.25, 0.3) is 0 Å². The molecule has 1 aliphatic rings. The molecule has 0 bridgehead atoms. The molecule has 0 spiro atoms. The highest BCUT2D eigenvalue weighted by molar-refractivity contribution is 7.11. The standard InChI is InChI=1S/C21H37N5OS/c1-6-22-21(24-16(2)15-18-11-10-17(3)28-18)23-12-8-14-26-13-7-9-19(26)20(27)25(4)5/h10-11,16,19H,6-9,12-15H2,1-5H3,(H2,22,23,24). The Morgan fingerprint density at radius 2 is 2.21 bits per heavy atom. The average Bonchev–Trinajstić information content (AvgIpc) is 3.26. The van der Waals surface area contributed by atoms with Gasteiger partial charge in [0.05, 0.1) is 6.04 Å². The van der Waals surface area contributed by atoms with Crippen molar-refractivity contribution >= 4 is 23.2 Å². The van der Waals surface area contributed by atoms with Gasteiger partial charge in [0.2, 0.25) is 5.91 Å². The second-order valence-electron chi connectivity index (χ2n) is 7.80. The molecular formula is C21H37N5OS. The van der Waals surface area contributed by atoms with E-state index in [2.05, 4.69) is 48.4 Å². The third-order valence-electron chi connectivity index (χ3n) is 4.99. The minimum absolute atomic E-state index is 0.0552. The number of aliphatic imine (C=N–C) groups is 1. The van der Waals surface area contributed by atoms with E-state index in [1.165, 1.54) is 9.75 Å². The van der Waals surface area contributed by atoms with Crippen molar-refractivity contribution in [2.75, 3.05) is 40.3 Å². The van der Waals surface area contributed by atoms with E-state index in [1.807, 2.05) is 25.4 Å². The van der Waals surface area contributed by atoms with Crippen LogP contribution in [0.1, 0.15) is 42.9 Å². The first-order chi connectivity index (χ1) is 13.4. The summed E-state index contributed by atoms with van der Waals surface area (Å²) in [5.74, 6) is 1.11. The molecule has 2 N–H and O–H groups in total. The highest BCUT2D eigenvalue weighted by Crippen LogP contribution is 2.19. The van der Waals surface area contributed by atoms with Crippen LogP contribution in [0.3, 0.4) is 0 Å². The number of likely N-dealkylation sites (N-methyl/N-ethyl adjacent to an activating group) is 1. The van der Waals surface area contributed by atoms with Gasteiger partial charge in [-0.1, -0.05) is 0 Å². The summed E-state index contributed by atoms with van der Waals surface area (Å²) >= 11 is 1.86. The SMILES string of the molecule is CCNC(=NCCCN1CCCC1C(=O)N(C)C)NC(C)Cc1ccc(C)s1. The van der Waals surface area contributed by atoms with Gasteiger partial charge in [-0.2, -0.15) is 0 Å². The maximum atomic E-state index is 12.3. The zero-order valence-electron chi connectivity index (χ0n) is 18.1. The number of amides is 1. The zero-order chi connectivity index (χ0) is 20.5. The molecule has 1 fully saturated rings. The van der Waals surface area contributed by atoms with E-state index in [0.717, 1.165) is 57.8 Å². The van der Waals surface area contributed by atoms with Crippen LogP contribution in [-0.4, -0.2) is 74.0 Å². The molecule has 2 heterocycles. The number of carbonyl (C=O) groups excluding carboxylic acids is 1. The van der Waals surface area contributed by atoms with E-state index >= 15 is 0 Å². The van der Waals surface area contributed by atoms with Crippen molar-refractivity contribution in [3.05, 3.63) is 21.9 Å². The van der Waals surface area contributed by atoms with E-state index in [-0.39, 0.29) is 11.9 Å². The zero-order valence-corrected chi connectivity index (χ0v) is 18.9. The summed E-state index contributed by atoms with van der Waals surface area (Å²) in [5.41, 5.74) is 0. The molecule has 1 aromatic heterocycles. The predicted octanol–water partition coefficient (Wildman–Crippen LogP) is 2.49. The first-order valence-electron chi connectivity index (χ1n) is 10.5.